The maximum Gasteiger partial charge on any atom is 0.243 e. The molecule has 0 saturated carbocycles. The van der Waals surface area contributed by atoms with E-state index >= 15 is 0 Å². The van der Waals surface area contributed by atoms with Crippen molar-refractivity contribution in [3.8, 4) is 11.5 Å². The highest BCUT2D eigenvalue weighted by Crippen LogP contribution is 2.27. The number of hydrogen-bond acceptors (Lipinski definition) is 5. The first kappa shape index (κ1) is 21.0. The van der Waals surface area contributed by atoms with Crippen molar-refractivity contribution in [3.05, 3.63) is 79.1 Å². The molecule has 0 radical (unpaired) electrons. The Morgan fingerprint density at radius 2 is 1.61 bits per heavy atom. The molecular weight excluding hydrogens is 414 g/mol. The van der Waals surface area contributed by atoms with E-state index in [1.807, 2.05) is 30.3 Å². The lowest BCUT2D eigenvalue weighted by atomic mass is 9.97. The van der Waals surface area contributed by atoms with Crippen molar-refractivity contribution in [2.24, 2.45) is 5.92 Å². The summed E-state index contributed by atoms with van der Waals surface area (Å²) in [6.07, 6.45) is 4.17. The molecule has 1 aromatic heterocycles. The molecule has 3 aromatic rings. The lowest BCUT2D eigenvalue weighted by Gasteiger charge is -2.30. The number of anilines is 1. The first-order valence-electron chi connectivity index (χ1n) is 10.1. The summed E-state index contributed by atoms with van der Waals surface area (Å²) < 4.78 is 33.2. The van der Waals surface area contributed by atoms with Gasteiger partial charge in [0.25, 0.3) is 0 Å². The summed E-state index contributed by atoms with van der Waals surface area (Å²) in [4.78, 5) is 16.7. The molecule has 0 aliphatic carbocycles. The highest BCUT2D eigenvalue weighted by atomic mass is 32.2. The normalized spacial score (nSPS) is 15.4. The van der Waals surface area contributed by atoms with Crippen LogP contribution in [-0.4, -0.2) is 36.7 Å². The third-order valence-corrected chi connectivity index (χ3v) is 7.11. The van der Waals surface area contributed by atoms with E-state index in [-0.39, 0.29) is 16.7 Å². The zero-order valence-electron chi connectivity index (χ0n) is 16.8. The van der Waals surface area contributed by atoms with Gasteiger partial charge in [0.15, 0.2) is 0 Å². The molecule has 0 bridgehead atoms. The molecule has 1 aliphatic rings. The number of para-hydroxylation sites is 1. The quantitative estimate of drug-likeness (QED) is 0.632. The van der Waals surface area contributed by atoms with Crippen LogP contribution < -0.4 is 10.1 Å². The Morgan fingerprint density at radius 3 is 2.26 bits per heavy atom. The molecule has 0 atom stereocenters. The molecule has 31 heavy (non-hydrogen) atoms. The van der Waals surface area contributed by atoms with Gasteiger partial charge in [-0.3, -0.25) is 9.78 Å². The summed E-state index contributed by atoms with van der Waals surface area (Å²) in [6, 6.07) is 19.2. The van der Waals surface area contributed by atoms with Crippen LogP contribution in [0.3, 0.4) is 0 Å². The Morgan fingerprint density at radius 1 is 0.935 bits per heavy atom. The number of nitrogens with one attached hydrogen (secondary N) is 1. The van der Waals surface area contributed by atoms with Crippen molar-refractivity contribution in [1.82, 2.24) is 9.29 Å². The van der Waals surface area contributed by atoms with Crippen LogP contribution in [0.25, 0.3) is 0 Å². The largest absolute Gasteiger partial charge is 0.457 e. The predicted molar refractivity (Wildman–Crippen MR) is 117 cm³/mol. The Labute approximate surface area is 181 Å². The van der Waals surface area contributed by atoms with Gasteiger partial charge in [0.1, 0.15) is 11.5 Å². The Balaban J connectivity index is 1.36. The molecule has 7 nitrogen and oxygen atoms in total. The van der Waals surface area contributed by atoms with Gasteiger partial charge in [-0.1, -0.05) is 18.2 Å². The van der Waals surface area contributed by atoms with Gasteiger partial charge < -0.3 is 10.1 Å². The maximum absolute atomic E-state index is 13.0. The minimum Gasteiger partial charge on any atom is -0.457 e. The lowest BCUT2D eigenvalue weighted by Crippen LogP contribution is -2.41. The molecule has 2 heterocycles. The van der Waals surface area contributed by atoms with Crippen LogP contribution in [0.1, 0.15) is 12.8 Å². The number of hydrogen-bond donors (Lipinski definition) is 1. The van der Waals surface area contributed by atoms with Crippen LogP contribution in [0.15, 0.2) is 84.0 Å². The van der Waals surface area contributed by atoms with Crippen molar-refractivity contribution in [3.63, 3.8) is 0 Å². The highest BCUT2D eigenvalue weighted by Gasteiger charge is 2.32. The number of carbonyl (C=O) groups excluding carboxylic acids is 1. The number of sulfonamides is 1. The minimum absolute atomic E-state index is 0.104. The molecule has 4 rings (SSSR count). The molecule has 1 aliphatic heterocycles. The maximum atomic E-state index is 13.0. The Hall–Kier alpha value is -3.23. The minimum atomic E-state index is -3.62. The molecule has 1 amide bonds. The van der Waals surface area contributed by atoms with Gasteiger partial charge >= 0.3 is 0 Å². The summed E-state index contributed by atoms with van der Waals surface area (Å²) in [5.41, 5.74) is 0.639. The van der Waals surface area contributed by atoms with Crippen LogP contribution in [0.4, 0.5) is 5.69 Å². The Kier molecular flexibility index (Phi) is 6.29. The molecule has 2 aromatic carbocycles. The highest BCUT2D eigenvalue weighted by molar-refractivity contribution is 7.89. The van der Waals surface area contributed by atoms with Gasteiger partial charge in [0.2, 0.25) is 15.9 Å². The van der Waals surface area contributed by atoms with Gasteiger partial charge in [-0.05, 0) is 61.4 Å². The first-order chi connectivity index (χ1) is 15.0. The third-order valence-electron chi connectivity index (χ3n) is 5.19. The van der Waals surface area contributed by atoms with Crippen LogP contribution >= 0.6 is 0 Å². The average Bonchev–Trinajstić information content (AvgIpc) is 2.81. The molecule has 1 N–H and O–H groups in total. The number of benzene rings is 2. The van der Waals surface area contributed by atoms with Crippen LogP contribution in [0.5, 0.6) is 11.5 Å². The first-order valence-corrected chi connectivity index (χ1v) is 11.5. The van der Waals surface area contributed by atoms with Crippen molar-refractivity contribution in [1.29, 1.82) is 0 Å². The van der Waals surface area contributed by atoms with E-state index in [0.29, 0.717) is 43.1 Å². The fourth-order valence-corrected chi connectivity index (χ4v) is 4.96. The Bertz CT molecular complexity index is 1110. The fourth-order valence-electron chi connectivity index (χ4n) is 3.49. The molecule has 0 unspecified atom stereocenters. The molecule has 8 heteroatoms. The average molecular weight is 438 g/mol. The van der Waals surface area contributed by atoms with Gasteiger partial charge in [0.05, 0.1) is 16.8 Å². The van der Waals surface area contributed by atoms with Crippen molar-refractivity contribution in [2.75, 3.05) is 18.4 Å². The second kappa shape index (κ2) is 9.28. The summed E-state index contributed by atoms with van der Waals surface area (Å²) in [7, 11) is -3.62. The van der Waals surface area contributed by atoms with E-state index in [1.54, 1.807) is 48.8 Å². The van der Waals surface area contributed by atoms with E-state index in [9.17, 15) is 13.2 Å². The number of aromatic nitrogens is 1. The molecule has 0 spiro atoms. The fraction of sp³-hybridized carbons (Fsp3) is 0.217. The van der Waals surface area contributed by atoms with E-state index < -0.39 is 10.0 Å². The van der Waals surface area contributed by atoms with E-state index in [1.165, 1.54) is 4.31 Å². The zero-order valence-corrected chi connectivity index (χ0v) is 17.7. The second-order valence-corrected chi connectivity index (χ2v) is 9.23. The summed E-state index contributed by atoms with van der Waals surface area (Å²) in [5, 5.41) is 2.84. The molecule has 160 valence electrons. The molecular formula is C23H23N3O4S. The number of amides is 1. The topological polar surface area (TPSA) is 88.6 Å². The standard InChI is InChI=1S/C23H23N3O4S/c27-23(25-19-5-4-14-24-17-19)18-12-15-26(16-13-18)31(28,29)22-10-8-21(9-11-22)30-20-6-2-1-3-7-20/h1-11,14,17-18H,12-13,15-16H2,(H,25,27). The number of pyridine rings is 1. The van der Waals surface area contributed by atoms with Crippen molar-refractivity contribution in [2.45, 2.75) is 17.7 Å². The third kappa shape index (κ3) is 5.10. The number of ether oxygens (including phenoxy) is 1. The zero-order chi connectivity index (χ0) is 21.7. The number of rotatable bonds is 6. The van der Waals surface area contributed by atoms with Gasteiger partial charge in [0, 0.05) is 25.2 Å². The van der Waals surface area contributed by atoms with Crippen LogP contribution in [0.2, 0.25) is 0 Å². The van der Waals surface area contributed by atoms with Crippen LogP contribution in [-0.2, 0) is 14.8 Å². The van der Waals surface area contributed by atoms with Crippen LogP contribution in [0, 0.1) is 5.92 Å². The lowest BCUT2D eigenvalue weighted by molar-refractivity contribution is -0.120. The summed E-state index contributed by atoms with van der Waals surface area (Å²) in [5.74, 6) is 0.918. The van der Waals surface area contributed by atoms with Crippen molar-refractivity contribution >= 4 is 21.6 Å². The number of carbonyl (C=O) groups is 1. The SMILES string of the molecule is O=C(Nc1cccnc1)C1CCN(S(=O)(=O)c2ccc(Oc3ccccc3)cc2)CC1. The predicted octanol–water partition coefficient (Wildman–Crippen LogP) is 3.91. The monoisotopic (exact) mass is 437 g/mol. The molecule has 1 saturated heterocycles. The van der Waals surface area contributed by atoms with Gasteiger partial charge in [-0.15, -0.1) is 0 Å². The van der Waals surface area contributed by atoms with E-state index in [0.717, 1.165) is 0 Å². The summed E-state index contributed by atoms with van der Waals surface area (Å²) in [6.45, 7) is 0.603. The van der Waals surface area contributed by atoms with Gasteiger partial charge in [-0.25, -0.2) is 8.42 Å². The van der Waals surface area contributed by atoms with E-state index in [4.69, 9.17) is 4.74 Å². The smallest absolute Gasteiger partial charge is 0.243 e. The van der Waals surface area contributed by atoms with Crippen molar-refractivity contribution < 1.29 is 17.9 Å². The number of piperidine rings is 1. The second-order valence-electron chi connectivity index (χ2n) is 7.30. The summed E-state index contributed by atoms with van der Waals surface area (Å²) >= 11 is 0. The number of nitrogens with zero attached hydrogens (tertiary/aromatic N) is 2. The van der Waals surface area contributed by atoms with E-state index in [2.05, 4.69) is 10.3 Å². The van der Waals surface area contributed by atoms with Gasteiger partial charge in [-0.2, -0.15) is 4.31 Å². The molecule has 1 fully saturated rings.